The molecule has 1 aliphatic rings. The molecule has 0 spiro atoms. The minimum atomic E-state index is -0.886. The van der Waals surface area contributed by atoms with Crippen LogP contribution in [0.4, 0.5) is 0 Å². The first-order chi connectivity index (χ1) is 21.0. The summed E-state index contributed by atoms with van der Waals surface area (Å²) in [6, 6.07) is 13.6. The van der Waals surface area contributed by atoms with E-state index in [2.05, 4.69) is 31.1 Å². The van der Waals surface area contributed by atoms with E-state index in [-0.39, 0.29) is 43.5 Å². The molecule has 3 heterocycles. The van der Waals surface area contributed by atoms with Crippen molar-refractivity contribution in [2.24, 2.45) is 0 Å². The second kappa shape index (κ2) is 14.1. The van der Waals surface area contributed by atoms with Crippen LogP contribution in [0.5, 0.6) is 11.5 Å². The van der Waals surface area contributed by atoms with Crippen molar-refractivity contribution < 1.29 is 23.9 Å². The van der Waals surface area contributed by atoms with Crippen LogP contribution in [0.2, 0.25) is 0 Å². The van der Waals surface area contributed by atoms with Crippen LogP contribution in [0.1, 0.15) is 38.4 Å². The maximum Gasteiger partial charge on any atom is 0.257 e. The lowest BCUT2D eigenvalue weighted by Gasteiger charge is -2.24. The second-order valence-electron chi connectivity index (χ2n) is 10.0. The zero-order valence-corrected chi connectivity index (χ0v) is 23.9. The highest BCUT2D eigenvalue weighted by molar-refractivity contribution is 6.00. The van der Waals surface area contributed by atoms with E-state index in [0.29, 0.717) is 43.0 Å². The molecule has 0 saturated carbocycles. The summed E-state index contributed by atoms with van der Waals surface area (Å²) in [4.78, 5) is 42.0. The van der Waals surface area contributed by atoms with Gasteiger partial charge in [-0.15, -0.1) is 5.10 Å². The maximum absolute atomic E-state index is 13.6. The van der Waals surface area contributed by atoms with Crippen LogP contribution >= 0.6 is 0 Å². The van der Waals surface area contributed by atoms with E-state index in [9.17, 15) is 14.4 Å². The summed E-state index contributed by atoms with van der Waals surface area (Å²) >= 11 is 0. The number of rotatable bonds is 4. The first kappa shape index (κ1) is 29.3. The first-order valence-electron chi connectivity index (χ1n) is 14.1. The number of amides is 3. The van der Waals surface area contributed by atoms with Crippen LogP contribution in [0.3, 0.4) is 0 Å². The third kappa shape index (κ3) is 7.56. The molecule has 13 heteroatoms. The number of fused-ring (bicyclic) bond motifs is 3. The number of nitrogens with zero attached hydrogens (tertiary/aromatic N) is 5. The van der Waals surface area contributed by atoms with E-state index < -0.39 is 11.9 Å². The average Bonchev–Trinajstić information content (AvgIpc) is 3.73. The van der Waals surface area contributed by atoms with Gasteiger partial charge >= 0.3 is 0 Å². The number of hydrogen-bond acceptors (Lipinski definition) is 8. The zero-order valence-electron chi connectivity index (χ0n) is 23.9. The van der Waals surface area contributed by atoms with Gasteiger partial charge in [-0.3, -0.25) is 24.2 Å². The zero-order chi connectivity index (χ0) is 30.0. The van der Waals surface area contributed by atoms with Gasteiger partial charge in [-0.2, -0.15) is 5.10 Å². The van der Waals surface area contributed by atoms with Crippen molar-refractivity contribution in [1.82, 2.24) is 40.7 Å². The molecule has 3 N–H and O–H groups in total. The average molecular weight is 587 g/mol. The van der Waals surface area contributed by atoms with E-state index >= 15 is 0 Å². The molecule has 1 aliphatic heterocycles. The molecule has 4 aromatic rings. The lowest BCUT2D eigenvalue weighted by atomic mass is 10.0. The van der Waals surface area contributed by atoms with E-state index in [1.807, 2.05) is 36.5 Å². The third-order valence-corrected chi connectivity index (χ3v) is 7.06. The largest absolute Gasteiger partial charge is 0.493 e. The third-order valence-electron chi connectivity index (χ3n) is 7.06. The quantitative estimate of drug-likeness (QED) is 0.326. The minimum absolute atomic E-state index is 0.170. The topological polar surface area (TPSA) is 156 Å². The Bertz CT molecular complexity index is 1520. The molecule has 43 heavy (non-hydrogen) atoms. The summed E-state index contributed by atoms with van der Waals surface area (Å²) < 4.78 is 13.3. The van der Waals surface area contributed by atoms with Crippen molar-refractivity contribution in [1.29, 1.82) is 0 Å². The summed E-state index contributed by atoms with van der Waals surface area (Å²) in [5, 5.41) is 20.8. The molecule has 2 bridgehead atoms. The highest BCUT2D eigenvalue weighted by atomic mass is 16.5. The number of carbonyl (C=O) groups is 3. The highest BCUT2D eigenvalue weighted by Crippen LogP contribution is 2.31. The van der Waals surface area contributed by atoms with Gasteiger partial charge in [0.1, 0.15) is 6.04 Å². The molecule has 3 amide bonds. The van der Waals surface area contributed by atoms with Gasteiger partial charge in [-0.05, 0) is 17.7 Å². The predicted octanol–water partition coefficient (Wildman–Crippen LogP) is 1.63. The van der Waals surface area contributed by atoms with Crippen LogP contribution in [0.25, 0.3) is 0 Å². The Morgan fingerprint density at radius 3 is 2.74 bits per heavy atom. The van der Waals surface area contributed by atoms with E-state index in [1.54, 1.807) is 27.8 Å². The summed E-state index contributed by atoms with van der Waals surface area (Å²) in [5.74, 6) is -0.363. The summed E-state index contributed by atoms with van der Waals surface area (Å²) in [7, 11) is 1.51. The molecular formula is C30H34N8O5. The molecule has 0 radical (unpaired) electrons. The number of aromatic amines is 1. The van der Waals surface area contributed by atoms with Gasteiger partial charge in [0.15, 0.2) is 11.5 Å². The van der Waals surface area contributed by atoms with Gasteiger partial charge in [-0.1, -0.05) is 41.6 Å². The second-order valence-corrected chi connectivity index (χ2v) is 10.0. The van der Waals surface area contributed by atoms with Gasteiger partial charge in [0.25, 0.3) is 11.8 Å². The molecule has 0 aliphatic carbocycles. The number of ether oxygens (including phenoxy) is 2. The summed E-state index contributed by atoms with van der Waals surface area (Å²) in [6.45, 7) is 1.60. The van der Waals surface area contributed by atoms with Gasteiger partial charge in [0, 0.05) is 57.8 Å². The number of H-pyrrole nitrogens is 1. The number of hydrogen-bond donors (Lipinski definition) is 3. The SMILES string of the molecule is COc1cccc2c1OCCCn1cc(nn1)CCN(C(=O)c1cn[nH]c1)CCNC(=O)[C@H](Cc1ccccc1)NC2=O. The Morgan fingerprint density at radius 1 is 1.09 bits per heavy atom. The lowest BCUT2D eigenvalue weighted by Crippen LogP contribution is -2.50. The van der Waals surface area contributed by atoms with Crippen molar-refractivity contribution in [2.75, 3.05) is 33.4 Å². The molecule has 2 aromatic carbocycles. The number of carbonyl (C=O) groups excluding carboxylic acids is 3. The minimum Gasteiger partial charge on any atom is -0.493 e. The fourth-order valence-corrected chi connectivity index (χ4v) is 4.81. The Labute approximate surface area is 248 Å². The molecule has 0 fully saturated rings. The van der Waals surface area contributed by atoms with Crippen LogP contribution < -0.4 is 20.1 Å². The molecule has 0 saturated heterocycles. The van der Waals surface area contributed by atoms with Crippen molar-refractivity contribution in [3.8, 4) is 11.5 Å². The van der Waals surface area contributed by atoms with Crippen LogP contribution in [-0.4, -0.2) is 87.2 Å². The fourth-order valence-electron chi connectivity index (χ4n) is 4.81. The van der Waals surface area contributed by atoms with Gasteiger partial charge < -0.3 is 25.0 Å². The number of methoxy groups -OCH3 is 1. The Morgan fingerprint density at radius 2 is 1.95 bits per heavy atom. The van der Waals surface area contributed by atoms with Gasteiger partial charge in [0.05, 0.1) is 36.7 Å². The molecule has 13 nitrogen and oxygen atoms in total. The number of para-hydroxylation sites is 1. The monoisotopic (exact) mass is 586 g/mol. The van der Waals surface area contributed by atoms with Crippen LogP contribution in [0.15, 0.2) is 67.1 Å². The van der Waals surface area contributed by atoms with Crippen LogP contribution in [-0.2, 0) is 24.2 Å². The molecule has 1 atom stereocenters. The standard InChI is InChI=1S/C30H34N8O5/c1-42-26-10-5-9-24-27(26)43-16-6-13-38-20-23(35-36-38)11-14-37(30(41)22-18-32-33-19-22)15-12-31-29(40)25(34-28(24)39)17-21-7-3-2-4-8-21/h2-5,7-10,18-20,25H,6,11-17H2,1H3,(H,31,40)(H,32,33)(H,34,39)/t25-/m0/s1. The molecule has 0 unspecified atom stereocenters. The number of benzene rings is 2. The highest BCUT2D eigenvalue weighted by Gasteiger charge is 2.26. The van der Waals surface area contributed by atoms with Crippen molar-refractivity contribution in [3.63, 3.8) is 0 Å². The molecule has 224 valence electrons. The number of aromatic nitrogens is 5. The van der Waals surface area contributed by atoms with Crippen LogP contribution in [0, 0.1) is 0 Å². The van der Waals surface area contributed by atoms with Gasteiger partial charge in [0.2, 0.25) is 5.91 Å². The molecule has 2 aromatic heterocycles. The molecule has 5 rings (SSSR count). The Kier molecular flexibility index (Phi) is 9.62. The van der Waals surface area contributed by atoms with E-state index in [4.69, 9.17) is 9.47 Å². The maximum atomic E-state index is 13.6. The first-order valence-corrected chi connectivity index (χ1v) is 14.1. The normalized spacial score (nSPS) is 16.9. The van der Waals surface area contributed by atoms with Crippen molar-refractivity contribution in [2.45, 2.75) is 31.8 Å². The Balaban J connectivity index is 1.41. The van der Waals surface area contributed by atoms with Crippen molar-refractivity contribution >= 4 is 17.7 Å². The van der Waals surface area contributed by atoms with E-state index in [0.717, 1.165) is 11.3 Å². The molecular weight excluding hydrogens is 552 g/mol. The number of nitrogens with one attached hydrogen (secondary N) is 3. The van der Waals surface area contributed by atoms with E-state index in [1.165, 1.54) is 19.5 Å². The number of aryl methyl sites for hydroxylation is 1. The summed E-state index contributed by atoms with van der Waals surface area (Å²) in [5.41, 5.74) is 2.28. The van der Waals surface area contributed by atoms with Gasteiger partial charge in [-0.25, -0.2) is 0 Å². The Hall–Kier alpha value is -5.20. The van der Waals surface area contributed by atoms with Crippen molar-refractivity contribution in [3.05, 3.63) is 89.5 Å². The lowest BCUT2D eigenvalue weighted by molar-refractivity contribution is -0.123. The summed E-state index contributed by atoms with van der Waals surface area (Å²) in [6.07, 6.45) is 6.17. The smallest absolute Gasteiger partial charge is 0.257 e. The fraction of sp³-hybridized carbons (Fsp3) is 0.333. The predicted molar refractivity (Wildman–Crippen MR) is 156 cm³/mol.